The quantitative estimate of drug-likeness (QED) is 0.818. The molecule has 4 heteroatoms. The van der Waals surface area contributed by atoms with Crippen LogP contribution >= 0.6 is 0 Å². The second-order valence-electron chi connectivity index (χ2n) is 5.47. The molecule has 3 N–H and O–H groups in total. The van der Waals surface area contributed by atoms with Gasteiger partial charge in [0.1, 0.15) is 0 Å². The zero-order chi connectivity index (χ0) is 12.5. The van der Waals surface area contributed by atoms with Crippen LogP contribution in [0.5, 0.6) is 0 Å². The van der Waals surface area contributed by atoms with Crippen LogP contribution in [0.25, 0.3) is 0 Å². The molecule has 2 rings (SSSR count). The maximum atomic E-state index is 5.76. The molecule has 0 amide bonds. The monoisotopic (exact) mass is 234 g/mol. The summed E-state index contributed by atoms with van der Waals surface area (Å²) in [5, 5.41) is 3.33. The molecule has 1 aliphatic carbocycles. The van der Waals surface area contributed by atoms with Gasteiger partial charge in [0.2, 0.25) is 5.95 Å². The molecule has 0 bridgehead atoms. The first-order valence-corrected chi connectivity index (χ1v) is 6.34. The third-order valence-corrected chi connectivity index (χ3v) is 3.48. The molecule has 94 valence electrons. The molecular formula is C13H22N4. The van der Waals surface area contributed by atoms with E-state index in [9.17, 15) is 0 Å². The third-order valence-electron chi connectivity index (χ3n) is 3.48. The summed E-state index contributed by atoms with van der Waals surface area (Å²) in [6.45, 7) is 7.95. The van der Waals surface area contributed by atoms with Gasteiger partial charge >= 0.3 is 0 Å². The van der Waals surface area contributed by atoms with Crippen LogP contribution in [0.15, 0.2) is 6.07 Å². The lowest BCUT2D eigenvalue weighted by Crippen LogP contribution is -2.25. The van der Waals surface area contributed by atoms with E-state index in [2.05, 4.69) is 29.1 Å². The highest BCUT2D eigenvalue weighted by molar-refractivity contribution is 5.30. The summed E-state index contributed by atoms with van der Waals surface area (Å²) in [6, 6.07) is 2.05. The maximum absolute atomic E-state index is 5.76. The summed E-state index contributed by atoms with van der Waals surface area (Å²) in [4.78, 5) is 8.95. The summed E-state index contributed by atoms with van der Waals surface area (Å²) in [5.74, 6) is 1.18. The molecule has 1 aromatic heterocycles. The molecule has 0 saturated heterocycles. The van der Waals surface area contributed by atoms with Gasteiger partial charge in [0.05, 0.1) is 0 Å². The number of hydrogen-bond donors (Lipinski definition) is 2. The predicted octanol–water partition coefficient (Wildman–Crippen LogP) is 2.06. The van der Waals surface area contributed by atoms with E-state index < -0.39 is 0 Å². The van der Waals surface area contributed by atoms with Crippen LogP contribution in [0.4, 0.5) is 5.95 Å². The van der Waals surface area contributed by atoms with Crippen LogP contribution in [-0.4, -0.2) is 23.1 Å². The van der Waals surface area contributed by atoms with E-state index in [0.29, 0.717) is 11.3 Å². The molecule has 0 aliphatic heterocycles. The number of anilines is 1. The van der Waals surface area contributed by atoms with Crippen molar-refractivity contribution in [3.05, 3.63) is 17.5 Å². The van der Waals surface area contributed by atoms with Crippen molar-refractivity contribution in [1.29, 1.82) is 0 Å². The molecule has 0 aromatic carbocycles. The Balaban J connectivity index is 2.05. The van der Waals surface area contributed by atoms with Crippen molar-refractivity contribution in [2.24, 2.45) is 11.1 Å². The van der Waals surface area contributed by atoms with Gasteiger partial charge in [-0.3, -0.25) is 0 Å². The van der Waals surface area contributed by atoms with Gasteiger partial charge in [-0.15, -0.1) is 0 Å². The lowest BCUT2D eigenvalue weighted by molar-refractivity contribution is 0.553. The van der Waals surface area contributed by atoms with Gasteiger partial charge in [-0.25, -0.2) is 9.97 Å². The zero-order valence-electron chi connectivity index (χ0n) is 11.0. The second-order valence-corrected chi connectivity index (χ2v) is 5.47. The molecule has 0 spiro atoms. The number of hydrogen-bond acceptors (Lipinski definition) is 4. The Hall–Kier alpha value is -1.16. The molecule has 17 heavy (non-hydrogen) atoms. The summed E-state index contributed by atoms with van der Waals surface area (Å²) in [7, 11) is 0. The van der Waals surface area contributed by atoms with Crippen LogP contribution in [0.2, 0.25) is 0 Å². The van der Waals surface area contributed by atoms with E-state index in [1.807, 2.05) is 13.0 Å². The van der Waals surface area contributed by atoms with Crippen molar-refractivity contribution < 1.29 is 0 Å². The number of aromatic nitrogens is 2. The first-order chi connectivity index (χ1) is 8.04. The van der Waals surface area contributed by atoms with Crippen LogP contribution in [-0.2, 0) is 0 Å². The average molecular weight is 234 g/mol. The van der Waals surface area contributed by atoms with Crippen LogP contribution in [0.3, 0.4) is 0 Å². The van der Waals surface area contributed by atoms with Gasteiger partial charge in [0.15, 0.2) is 0 Å². The van der Waals surface area contributed by atoms with Gasteiger partial charge in [-0.05, 0) is 43.7 Å². The van der Waals surface area contributed by atoms with E-state index in [-0.39, 0.29) is 0 Å². The SMILES string of the molecule is Cc1cc(C(C)C)nc(NCC2(CN)CC2)n1. The van der Waals surface area contributed by atoms with Crippen molar-refractivity contribution in [2.75, 3.05) is 18.4 Å². The second kappa shape index (κ2) is 4.61. The Bertz CT molecular complexity index is 396. The molecule has 1 saturated carbocycles. The highest BCUT2D eigenvalue weighted by atomic mass is 15.1. The minimum Gasteiger partial charge on any atom is -0.354 e. The minimum absolute atomic E-state index is 0.311. The Morgan fingerprint density at radius 1 is 1.41 bits per heavy atom. The number of nitrogens with zero attached hydrogens (tertiary/aromatic N) is 2. The van der Waals surface area contributed by atoms with Gasteiger partial charge in [-0.2, -0.15) is 0 Å². The molecule has 4 nitrogen and oxygen atoms in total. The number of rotatable bonds is 5. The summed E-state index contributed by atoms with van der Waals surface area (Å²) >= 11 is 0. The normalized spacial score (nSPS) is 17.2. The molecule has 1 aliphatic rings. The Morgan fingerprint density at radius 3 is 2.65 bits per heavy atom. The number of aryl methyl sites for hydroxylation is 1. The van der Waals surface area contributed by atoms with E-state index >= 15 is 0 Å². The maximum Gasteiger partial charge on any atom is 0.223 e. The van der Waals surface area contributed by atoms with Crippen molar-refractivity contribution in [1.82, 2.24) is 9.97 Å². The van der Waals surface area contributed by atoms with Crippen LogP contribution < -0.4 is 11.1 Å². The van der Waals surface area contributed by atoms with Gasteiger partial charge in [0.25, 0.3) is 0 Å². The largest absolute Gasteiger partial charge is 0.354 e. The highest BCUT2D eigenvalue weighted by Gasteiger charge is 2.40. The van der Waals surface area contributed by atoms with Gasteiger partial charge in [0, 0.05) is 17.9 Å². The molecule has 1 heterocycles. The van der Waals surface area contributed by atoms with E-state index in [0.717, 1.165) is 30.4 Å². The summed E-state index contributed by atoms with van der Waals surface area (Å²) in [6.07, 6.45) is 2.44. The summed E-state index contributed by atoms with van der Waals surface area (Å²) in [5.41, 5.74) is 8.18. The molecule has 0 atom stereocenters. The van der Waals surface area contributed by atoms with E-state index in [1.54, 1.807) is 0 Å². The molecule has 1 fully saturated rings. The predicted molar refractivity (Wildman–Crippen MR) is 70.1 cm³/mol. The molecular weight excluding hydrogens is 212 g/mol. The first kappa shape index (κ1) is 12.3. The van der Waals surface area contributed by atoms with Gasteiger partial charge < -0.3 is 11.1 Å². The standard InChI is InChI=1S/C13H22N4/c1-9(2)11-6-10(3)16-12(17-11)15-8-13(7-14)4-5-13/h6,9H,4-5,7-8,14H2,1-3H3,(H,15,16,17). The Kier molecular flexibility index (Phi) is 3.33. The van der Waals surface area contributed by atoms with Crippen molar-refractivity contribution in [3.63, 3.8) is 0 Å². The average Bonchev–Trinajstić information content (AvgIpc) is 3.06. The highest BCUT2D eigenvalue weighted by Crippen LogP contribution is 2.44. The van der Waals surface area contributed by atoms with Crippen molar-refractivity contribution in [2.45, 2.75) is 39.5 Å². The van der Waals surface area contributed by atoms with E-state index in [4.69, 9.17) is 5.73 Å². The van der Waals surface area contributed by atoms with Crippen molar-refractivity contribution in [3.8, 4) is 0 Å². The Labute approximate surface area is 103 Å². The fraction of sp³-hybridized carbons (Fsp3) is 0.692. The smallest absolute Gasteiger partial charge is 0.223 e. The molecule has 0 unspecified atom stereocenters. The van der Waals surface area contributed by atoms with Crippen molar-refractivity contribution >= 4 is 5.95 Å². The van der Waals surface area contributed by atoms with Gasteiger partial charge in [-0.1, -0.05) is 13.8 Å². The fourth-order valence-corrected chi connectivity index (χ4v) is 1.86. The van der Waals surface area contributed by atoms with Crippen LogP contribution in [0.1, 0.15) is 44.0 Å². The zero-order valence-corrected chi connectivity index (χ0v) is 11.0. The third kappa shape index (κ3) is 2.94. The lowest BCUT2D eigenvalue weighted by atomic mass is 10.1. The molecule has 0 radical (unpaired) electrons. The lowest BCUT2D eigenvalue weighted by Gasteiger charge is -2.14. The fourth-order valence-electron chi connectivity index (χ4n) is 1.86. The molecule has 1 aromatic rings. The van der Waals surface area contributed by atoms with E-state index in [1.165, 1.54) is 12.8 Å². The number of nitrogens with two attached hydrogens (primary N) is 1. The summed E-state index contributed by atoms with van der Waals surface area (Å²) < 4.78 is 0. The number of nitrogens with one attached hydrogen (secondary N) is 1. The first-order valence-electron chi connectivity index (χ1n) is 6.34. The van der Waals surface area contributed by atoms with Crippen LogP contribution in [0, 0.1) is 12.3 Å². The topological polar surface area (TPSA) is 63.8 Å². The minimum atomic E-state index is 0.311. The Morgan fingerprint density at radius 2 is 2.12 bits per heavy atom.